The summed E-state index contributed by atoms with van der Waals surface area (Å²) in [6.45, 7) is 3.82. The molecule has 9 heteroatoms. The van der Waals surface area contributed by atoms with E-state index < -0.39 is 17.5 Å². The van der Waals surface area contributed by atoms with Crippen LogP contribution in [0.5, 0.6) is 5.75 Å². The first-order valence-corrected chi connectivity index (χ1v) is 10.1. The van der Waals surface area contributed by atoms with E-state index in [-0.39, 0.29) is 22.7 Å². The van der Waals surface area contributed by atoms with Crippen molar-refractivity contribution in [3.05, 3.63) is 57.0 Å². The molecule has 1 saturated heterocycles. The molecule has 0 radical (unpaired) electrons. The summed E-state index contributed by atoms with van der Waals surface area (Å²) in [6, 6.07) is 9.31. The maximum Gasteiger partial charge on any atom is 0.417 e. The first-order chi connectivity index (χ1) is 13.0. The van der Waals surface area contributed by atoms with Crippen LogP contribution in [0.1, 0.15) is 31.0 Å². The quantitative estimate of drug-likeness (QED) is 0.473. The zero-order chi connectivity index (χ0) is 20.4. The van der Waals surface area contributed by atoms with Crippen LogP contribution in [0.25, 0.3) is 0 Å². The number of rotatable bonds is 1. The zero-order valence-electron chi connectivity index (χ0n) is 14.8. The number of anilines is 1. The highest BCUT2D eigenvalue weighted by molar-refractivity contribution is 9.10. The highest BCUT2D eigenvalue weighted by Crippen LogP contribution is 2.50. The molecule has 28 heavy (non-hydrogen) atoms. The highest BCUT2D eigenvalue weighted by Gasteiger charge is 2.54. The molecule has 2 bridgehead atoms. The van der Waals surface area contributed by atoms with Crippen LogP contribution in [-0.4, -0.2) is 10.8 Å². The smallest absolute Gasteiger partial charge is 0.417 e. The van der Waals surface area contributed by atoms with Gasteiger partial charge in [0.1, 0.15) is 5.75 Å². The van der Waals surface area contributed by atoms with Gasteiger partial charge < -0.3 is 10.1 Å². The Morgan fingerprint density at radius 1 is 1.25 bits per heavy atom. The molecule has 2 aromatic carbocycles. The number of nitrogens with one attached hydrogen (secondary N) is 1. The zero-order valence-corrected chi connectivity index (χ0v) is 17.9. The molecule has 1 fully saturated rings. The van der Waals surface area contributed by atoms with Crippen LogP contribution >= 0.6 is 39.7 Å². The van der Waals surface area contributed by atoms with Crippen LogP contribution in [0, 0.1) is 5.92 Å². The molecule has 2 aromatic rings. The Kier molecular flexibility index (Phi) is 4.60. The number of fused-ring (bicyclic) bond motifs is 4. The molecule has 0 amide bonds. The fraction of sp³-hybridized carbons (Fsp3) is 0.316. The lowest BCUT2D eigenvalue weighted by atomic mass is 9.80. The minimum Gasteiger partial charge on any atom is -0.467 e. The van der Waals surface area contributed by atoms with Gasteiger partial charge in [0.25, 0.3) is 0 Å². The lowest BCUT2D eigenvalue weighted by Gasteiger charge is -2.56. The standard InChI is InChI=1S/C19H15BrClF3N2OS/c1-9-16-12-7-10(20)3-6-15(12)27-18(9,2)26(17(28)25-16)11-4-5-14(21)13(8-11)19(22,23)24/h3-9,16H,1-2H3,(H,25,28)/t9-,16+,18-/m0/s1. The maximum absolute atomic E-state index is 13.4. The summed E-state index contributed by atoms with van der Waals surface area (Å²) >= 11 is 14.8. The first kappa shape index (κ1) is 19.8. The molecule has 148 valence electrons. The maximum atomic E-state index is 13.4. The normalized spacial score (nSPS) is 26.4. The molecule has 0 aliphatic carbocycles. The van der Waals surface area contributed by atoms with Gasteiger partial charge in [0, 0.05) is 21.6 Å². The van der Waals surface area contributed by atoms with Crippen LogP contribution < -0.4 is 15.0 Å². The molecule has 2 aliphatic rings. The molecule has 2 heterocycles. The summed E-state index contributed by atoms with van der Waals surface area (Å²) in [6.07, 6.45) is -4.57. The van der Waals surface area contributed by atoms with Crippen molar-refractivity contribution in [1.29, 1.82) is 0 Å². The SMILES string of the molecule is C[C@H]1[C@H]2NC(=S)N(c3ccc(Cl)c(C(F)(F)F)c3)[C@@]1(C)Oc1ccc(Br)cc12. The van der Waals surface area contributed by atoms with Gasteiger partial charge in [0.15, 0.2) is 10.8 Å². The molecule has 0 unspecified atom stereocenters. The Hall–Kier alpha value is -1.51. The highest BCUT2D eigenvalue weighted by atomic mass is 79.9. The van der Waals surface area contributed by atoms with E-state index >= 15 is 0 Å². The minimum atomic E-state index is -4.57. The number of halogens is 5. The van der Waals surface area contributed by atoms with Crippen molar-refractivity contribution in [2.75, 3.05) is 4.90 Å². The number of ether oxygens (including phenoxy) is 1. The summed E-state index contributed by atoms with van der Waals surface area (Å²) in [5.74, 6) is 0.560. The minimum absolute atomic E-state index is 0.106. The van der Waals surface area contributed by atoms with Crippen LogP contribution in [0.2, 0.25) is 5.02 Å². The van der Waals surface area contributed by atoms with E-state index in [0.717, 1.165) is 16.1 Å². The third-order valence-electron chi connectivity index (χ3n) is 5.41. The predicted molar refractivity (Wildman–Crippen MR) is 110 cm³/mol. The third-order valence-corrected chi connectivity index (χ3v) is 6.53. The Bertz CT molecular complexity index is 986. The Morgan fingerprint density at radius 2 is 1.96 bits per heavy atom. The van der Waals surface area contributed by atoms with Crippen molar-refractivity contribution < 1.29 is 17.9 Å². The van der Waals surface area contributed by atoms with E-state index in [1.165, 1.54) is 12.1 Å². The number of hydrogen-bond acceptors (Lipinski definition) is 2. The van der Waals surface area contributed by atoms with Gasteiger partial charge in [-0.1, -0.05) is 34.5 Å². The molecule has 4 rings (SSSR count). The Morgan fingerprint density at radius 3 is 2.64 bits per heavy atom. The average molecular weight is 492 g/mol. The van der Waals surface area contributed by atoms with Gasteiger partial charge in [-0.25, -0.2) is 0 Å². The van der Waals surface area contributed by atoms with E-state index in [9.17, 15) is 13.2 Å². The van der Waals surface area contributed by atoms with Gasteiger partial charge in [0.05, 0.1) is 16.6 Å². The van der Waals surface area contributed by atoms with Crippen molar-refractivity contribution in [1.82, 2.24) is 5.32 Å². The number of benzene rings is 2. The van der Waals surface area contributed by atoms with Crippen molar-refractivity contribution in [3.8, 4) is 5.75 Å². The molecule has 1 N–H and O–H groups in total. The van der Waals surface area contributed by atoms with Crippen molar-refractivity contribution in [3.63, 3.8) is 0 Å². The lowest BCUT2D eigenvalue weighted by Crippen LogP contribution is -2.69. The van der Waals surface area contributed by atoms with E-state index in [0.29, 0.717) is 10.9 Å². The van der Waals surface area contributed by atoms with Crippen molar-refractivity contribution in [2.45, 2.75) is 31.8 Å². The number of hydrogen-bond donors (Lipinski definition) is 1. The first-order valence-electron chi connectivity index (χ1n) is 8.48. The summed E-state index contributed by atoms with van der Waals surface area (Å²) in [7, 11) is 0. The molecule has 3 atom stereocenters. The second-order valence-corrected chi connectivity index (χ2v) is 8.76. The topological polar surface area (TPSA) is 24.5 Å². The van der Waals surface area contributed by atoms with Gasteiger partial charge in [-0.15, -0.1) is 0 Å². The second-order valence-electron chi connectivity index (χ2n) is 7.05. The largest absolute Gasteiger partial charge is 0.467 e. The van der Waals surface area contributed by atoms with E-state index in [1.807, 2.05) is 32.0 Å². The predicted octanol–water partition coefficient (Wildman–Crippen LogP) is 6.30. The van der Waals surface area contributed by atoms with Crippen LogP contribution in [0.4, 0.5) is 18.9 Å². The van der Waals surface area contributed by atoms with Gasteiger partial charge in [-0.3, -0.25) is 4.90 Å². The lowest BCUT2D eigenvalue weighted by molar-refractivity contribution is -0.137. The molecular weight excluding hydrogens is 477 g/mol. The molecule has 0 saturated carbocycles. The fourth-order valence-electron chi connectivity index (χ4n) is 3.84. The molecular formula is C19H15BrClF3N2OS. The second kappa shape index (κ2) is 6.50. The van der Waals surface area contributed by atoms with Crippen molar-refractivity contribution >= 4 is 50.5 Å². The van der Waals surface area contributed by atoms with E-state index in [1.54, 1.807) is 4.90 Å². The van der Waals surface area contributed by atoms with Gasteiger partial charge >= 0.3 is 6.18 Å². The Labute approximate surface area is 178 Å². The monoisotopic (exact) mass is 490 g/mol. The molecule has 3 nitrogen and oxygen atoms in total. The number of nitrogens with zero attached hydrogens (tertiary/aromatic N) is 1. The van der Waals surface area contributed by atoms with Gasteiger partial charge in [-0.2, -0.15) is 13.2 Å². The fourth-order valence-corrected chi connectivity index (χ4v) is 4.86. The van der Waals surface area contributed by atoms with Crippen LogP contribution in [-0.2, 0) is 6.18 Å². The molecule has 0 spiro atoms. The summed E-state index contributed by atoms with van der Waals surface area (Å²) < 4.78 is 47.3. The van der Waals surface area contributed by atoms with Crippen LogP contribution in [0.3, 0.4) is 0 Å². The van der Waals surface area contributed by atoms with E-state index in [4.69, 9.17) is 28.6 Å². The third kappa shape index (κ3) is 2.97. The summed E-state index contributed by atoms with van der Waals surface area (Å²) in [5, 5.41) is 3.21. The Balaban J connectivity index is 1.84. The average Bonchev–Trinajstić information content (AvgIpc) is 2.59. The summed E-state index contributed by atoms with van der Waals surface area (Å²) in [4.78, 5) is 1.60. The summed E-state index contributed by atoms with van der Waals surface area (Å²) in [5.41, 5.74) is -0.658. The van der Waals surface area contributed by atoms with Crippen LogP contribution in [0.15, 0.2) is 40.9 Å². The number of thiocarbonyl (C=S) groups is 1. The van der Waals surface area contributed by atoms with Crippen molar-refractivity contribution in [2.24, 2.45) is 5.92 Å². The van der Waals surface area contributed by atoms with Gasteiger partial charge in [0.2, 0.25) is 0 Å². The van der Waals surface area contributed by atoms with Gasteiger partial charge in [-0.05, 0) is 55.5 Å². The van der Waals surface area contributed by atoms with E-state index in [2.05, 4.69) is 21.2 Å². The number of alkyl halides is 3. The molecule has 2 aliphatic heterocycles. The molecule has 0 aromatic heterocycles.